The minimum absolute atomic E-state index is 0.886. The van der Waals surface area contributed by atoms with Gasteiger partial charge < -0.3 is 9.32 Å². The Labute approximate surface area is 275 Å². The molecule has 0 saturated carbocycles. The van der Waals surface area contributed by atoms with E-state index >= 15 is 0 Å². The van der Waals surface area contributed by atoms with Crippen molar-refractivity contribution in [3.05, 3.63) is 164 Å². The van der Waals surface area contributed by atoms with Crippen LogP contribution < -0.4 is 4.90 Å². The monoisotopic (exact) mass is 617 g/mol. The summed E-state index contributed by atoms with van der Waals surface area (Å²) in [5.74, 6) is 0. The van der Waals surface area contributed by atoms with Crippen molar-refractivity contribution in [1.29, 1.82) is 0 Å². The Morgan fingerprint density at radius 1 is 0.426 bits per heavy atom. The van der Waals surface area contributed by atoms with Crippen LogP contribution in [0.15, 0.2) is 168 Å². The van der Waals surface area contributed by atoms with Crippen molar-refractivity contribution in [2.24, 2.45) is 0 Å². The van der Waals surface area contributed by atoms with Crippen molar-refractivity contribution in [2.75, 3.05) is 4.90 Å². The van der Waals surface area contributed by atoms with Gasteiger partial charge in [0.25, 0.3) is 0 Å². The molecular weight excluding hydrogens is 591 g/mol. The Morgan fingerprint density at radius 3 is 2.00 bits per heavy atom. The molecule has 0 aliphatic rings. The maximum atomic E-state index is 6.64. The molecule has 220 valence electrons. The van der Waals surface area contributed by atoms with Crippen LogP contribution in [0.25, 0.3) is 74.8 Å². The van der Waals surface area contributed by atoms with Crippen LogP contribution in [-0.2, 0) is 0 Å². The second kappa shape index (κ2) is 10.3. The molecule has 0 saturated heterocycles. The number of hydrogen-bond acceptors (Lipinski definition) is 3. The van der Waals surface area contributed by atoms with Gasteiger partial charge in [-0.3, -0.25) is 0 Å². The zero-order valence-electron chi connectivity index (χ0n) is 25.4. The zero-order chi connectivity index (χ0) is 30.9. The van der Waals surface area contributed by atoms with Crippen LogP contribution in [0.1, 0.15) is 0 Å². The van der Waals surface area contributed by atoms with E-state index in [0.717, 1.165) is 39.0 Å². The first-order valence-electron chi connectivity index (χ1n) is 15.9. The lowest BCUT2D eigenvalue weighted by Gasteiger charge is -2.27. The highest BCUT2D eigenvalue weighted by Gasteiger charge is 2.22. The Bertz CT molecular complexity index is 2810. The molecule has 10 rings (SSSR count). The van der Waals surface area contributed by atoms with Gasteiger partial charge in [-0.2, -0.15) is 0 Å². The van der Waals surface area contributed by atoms with Crippen LogP contribution in [0.5, 0.6) is 0 Å². The fraction of sp³-hybridized carbons (Fsp3) is 0. The van der Waals surface area contributed by atoms with Gasteiger partial charge in [-0.15, -0.1) is 11.3 Å². The number of para-hydroxylation sites is 2. The van der Waals surface area contributed by atoms with Crippen LogP contribution in [0.2, 0.25) is 0 Å². The predicted molar refractivity (Wildman–Crippen MR) is 202 cm³/mol. The fourth-order valence-electron chi connectivity index (χ4n) is 7.27. The molecule has 0 aliphatic carbocycles. The third kappa shape index (κ3) is 4.10. The Kier molecular flexibility index (Phi) is 5.78. The molecule has 2 nitrogen and oxygen atoms in total. The molecule has 2 heterocycles. The lowest BCUT2D eigenvalue weighted by atomic mass is 9.97. The van der Waals surface area contributed by atoms with E-state index < -0.39 is 0 Å². The summed E-state index contributed by atoms with van der Waals surface area (Å²) in [7, 11) is 0. The summed E-state index contributed by atoms with van der Waals surface area (Å²) in [6.45, 7) is 0. The lowest BCUT2D eigenvalue weighted by molar-refractivity contribution is 0.669. The van der Waals surface area contributed by atoms with Crippen molar-refractivity contribution in [3.63, 3.8) is 0 Å². The summed E-state index contributed by atoms with van der Waals surface area (Å²) in [5, 5.41) is 9.71. The predicted octanol–water partition coefficient (Wildman–Crippen LogP) is 13.4. The SMILES string of the molecule is c1ccc(-c2ccc3c(ccc4cc(N(c5cccc6c5oc5ccccc56)c5cccc6sc7ccccc7c56)ccc43)c2)cc1. The summed E-state index contributed by atoms with van der Waals surface area (Å²) in [4.78, 5) is 2.40. The highest BCUT2D eigenvalue weighted by atomic mass is 32.1. The molecule has 0 atom stereocenters. The lowest BCUT2D eigenvalue weighted by Crippen LogP contribution is -2.10. The summed E-state index contributed by atoms with van der Waals surface area (Å²) < 4.78 is 9.20. The second-order valence-electron chi connectivity index (χ2n) is 12.1. The van der Waals surface area contributed by atoms with Crippen molar-refractivity contribution < 1.29 is 4.42 Å². The number of hydrogen-bond donors (Lipinski definition) is 0. The molecular formula is C44H27NOS. The van der Waals surface area contributed by atoms with Crippen LogP contribution >= 0.6 is 11.3 Å². The highest BCUT2D eigenvalue weighted by molar-refractivity contribution is 7.26. The van der Waals surface area contributed by atoms with E-state index in [9.17, 15) is 0 Å². The first-order chi connectivity index (χ1) is 23.3. The second-order valence-corrected chi connectivity index (χ2v) is 13.2. The standard InChI is InChI=1S/C44H27NOS/c1-2-10-28(11-3-1)29-22-24-33-30(26-29)20-21-31-27-32(23-25-34(31)33)45(38-15-9-19-42-43(38)37-13-5-7-18-41(37)47-42)39-16-8-14-36-35-12-4-6-17-40(35)46-44(36)39/h1-27H. The number of benzene rings is 8. The summed E-state index contributed by atoms with van der Waals surface area (Å²) in [6.07, 6.45) is 0. The van der Waals surface area contributed by atoms with Crippen molar-refractivity contribution >= 4 is 92.1 Å². The highest BCUT2D eigenvalue weighted by Crippen LogP contribution is 2.48. The van der Waals surface area contributed by atoms with E-state index in [1.165, 1.54) is 52.8 Å². The summed E-state index contributed by atoms with van der Waals surface area (Å²) in [6, 6.07) is 59.0. The number of furan rings is 1. The molecule has 0 bridgehead atoms. The van der Waals surface area contributed by atoms with Gasteiger partial charge in [0.2, 0.25) is 0 Å². The topological polar surface area (TPSA) is 16.4 Å². The summed E-state index contributed by atoms with van der Waals surface area (Å²) >= 11 is 1.84. The normalized spacial score (nSPS) is 11.8. The average Bonchev–Trinajstić information content (AvgIpc) is 3.71. The van der Waals surface area contributed by atoms with Gasteiger partial charge in [0, 0.05) is 36.6 Å². The van der Waals surface area contributed by atoms with Gasteiger partial charge in [-0.1, -0.05) is 115 Å². The minimum atomic E-state index is 0.886. The maximum absolute atomic E-state index is 6.64. The molecule has 0 fully saturated rings. The number of fused-ring (bicyclic) bond motifs is 9. The first kappa shape index (κ1) is 26.3. The van der Waals surface area contributed by atoms with E-state index in [1.54, 1.807) is 0 Å². The van der Waals surface area contributed by atoms with Gasteiger partial charge in [-0.25, -0.2) is 0 Å². The Morgan fingerprint density at radius 2 is 1.11 bits per heavy atom. The van der Waals surface area contributed by atoms with Crippen LogP contribution in [0, 0.1) is 0 Å². The molecule has 0 spiro atoms. The first-order valence-corrected chi connectivity index (χ1v) is 16.7. The Hall–Kier alpha value is -5.90. The largest absolute Gasteiger partial charge is 0.454 e. The molecule has 0 radical (unpaired) electrons. The third-order valence-electron chi connectivity index (χ3n) is 9.43. The third-order valence-corrected chi connectivity index (χ3v) is 10.6. The quantitative estimate of drug-likeness (QED) is 0.183. The van der Waals surface area contributed by atoms with Gasteiger partial charge in [0.15, 0.2) is 5.58 Å². The van der Waals surface area contributed by atoms with E-state index in [1.807, 2.05) is 17.4 Å². The average molecular weight is 618 g/mol. The Balaban J connectivity index is 1.23. The smallest absolute Gasteiger partial charge is 0.159 e. The van der Waals surface area contributed by atoms with E-state index in [2.05, 4.69) is 163 Å². The number of thiophene rings is 1. The van der Waals surface area contributed by atoms with Gasteiger partial charge in [0.1, 0.15) is 5.58 Å². The number of anilines is 3. The molecule has 47 heavy (non-hydrogen) atoms. The van der Waals surface area contributed by atoms with Crippen LogP contribution in [0.4, 0.5) is 17.1 Å². The van der Waals surface area contributed by atoms with Crippen LogP contribution in [-0.4, -0.2) is 0 Å². The van der Waals surface area contributed by atoms with Crippen molar-refractivity contribution in [2.45, 2.75) is 0 Å². The van der Waals surface area contributed by atoms with E-state index in [4.69, 9.17) is 4.42 Å². The van der Waals surface area contributed by atoms with Gasteiger partial charge in [0.05, 0.1) is 11.4 Å². The fourth-order valence-corrected chi connectivity index (χ4v) is 8.39. The van der Waals surface area contributed by atoms with Crippen molar-refractivity contribution in [1.82, 2.24) is 0 Å². The number of rotatable bonds is 4. The van der Waals surface area contributed by atoms with Crippen LogP contribution in [0.3, 0.4) is 0 Å². The molecule has 3 heteroatoms. The molecule has 2 aromatic heterocycles. The molecule has 10 aromatic rings. The minimum Gasteiger partial charge on any atom is -0.454 e. The maximum Gasteiger partial charge on any atom is 0.159 e. The number of nitrogens with zero attached hydrogens (tertiary/aromatic N) is 1. The molecule has 0 aliphatic heterocycles. The zero-order valence-corrected chi connectivity index (χ0v) is 26.2. The van der Waals surface area contributed by atoms with Gasteiger partial charge in [-0.05, 0) is 81.2 Å². The molecule has 0 N–H and O–H groups in total. The molecule has 0 unspecified atom stereocenters. The van der Waals surface area contributed by atoms with Gasteiger partial charge >= 0.3 is 0 Å². The van der Waals surface area contributed by atoms with E-state index in [-0.39, 0.29) is 0 Å². The van der Waals surface area contributed by atoms with Crippen molar-refractivity contribution in [3.8, 4) is 11.1 Å². The van der Waals surface area contributed by atoms with E-state index in [0.29, 0.717) is 0 Å². The summed E-state index contributed by atoms with van der Waals surface area (Å²) in [5.41, 5.74) is 7.50. The molecule has 0 amide bonds. The molecule has 8 aromatic carbocycles.